The van der Waals surface area contributed by atoms with Gasteiger partial charge in [-0.1, -0.05) is 145 Å². The van der Waals surface area contributed by atoms with Crippen molar-refractivity contribution in [2.45, 2.75) is 0 Å². The number of benzene rings is 8. The van der Waals surface area contributed by atoms with Gasteiger partial charge >= 0.3 is 0 Å². The fourth-order valence-corrected chi connectivity index (χ4v) is 6.03. The first-order valence-corrected chi connectivity index (χ1v) is 14.2. The number of hydrogen-bond donors (Lipinski definition) is 0. The Bertz CT molecular complexity index is 3290. The molecule has 0 fully saturated rings. The molecule has 0 unspecified atom stereocenters. The number of hydrogen-bond acceptors (Lipinski definition) is 1. The van der Waals surface area contributed by atoms with Crippen molar-refractivity contribution in [3.63, 3.8) is 0 Å². The molecule has 8 aromatic carbocycles. The third-order valence-electron chi connectivity index (χ3n) is 7.94. The Morgan fingerprint density at radius 2 is 0.956 bits per heavy atom. The van der Waals surface area contributed by atoms with Crippen LogP contribution in [0, 0.1) is 0 Å². The Hall–Kier alpha value is -5.92. The molecule has 0 spiro atoms. The summed E-state index contributed by atoms with van der Waals surface area (Å²) < 4.78 is 140. The van der Waals surface area contributed by atoms with Crippen molar-refractivity contribution in [3.8, 4) is 44.5 Å². The third-order valence-corrected chi connectivity index (χ3v) is 7.94. The molecule has 9 aromatic rings. The van der Waals surface area contributed by atoms with Crippen LogP contribution < -0.4 is 0 Å². The Morgan fingerprint density at radius 1 is 0.356 bits per heavy atom. The van der Waals surface area contributed by atoms with E-state index < -0.39 is 78.1 Å². The highest BCUT2D eigenvalue weighted by atomic mass is 16.3. The zero-order valence-electron chi connectivity index (χ0n) is 38.4. The molecular formula is C44H28O. The maximum Gasteiger partial charge on any atom is 0.136 e. The van der Waals surface area contributed by atoms with Crippen molar-refractivity contribution in [2.75, 3.05) is 0 Å². The third kappa shape index (κ3) is 4.17. The Kier molecular flexibility index (Phi) is 3.39. The fourth-order valence-electron chi connectivity index (χ4n) is 6.03. The van der Waals surface area contributed by atoms with Crippen LogP contribution in [0.5, 0.6) is 0 Å². The topological polar surface area (TPSA) is 13.1 Å². The van der Waals surface area contributed by atoms with Gasteiger partial charge in [-0.3, -0.25) is 0 Å². The van der Waals surface area contributed by atoms with Gasteiger partial charge in [0.25, 0.3) is 0 Å². The highest BCUT2D eigenvalue weighted by Gasteiger charge is 2.21. The van der Waals surface area contributed by atoms with E-state index in [-0.39, 0.29) is 67.9 Å². The molecule has 0 saturated carbocycles. The van der Waals surface area contributed by atoms with Crippen LogP contribution in [0.15, 0.2) is 174 Å². The van der Waals surface area contributed by atoms with Crippen molar-refractivity contribution in [1.29, 1.82) is 0 Å². The van der Waals surface area contributed by atoms with Gasteiger partial charge in [0.05, 0.1) is 20.6 Å². The number of rotatable bonds is 4. The first-order chi connectivity index (χ1) is 28.6. The fraction of sp³-hybridized carbons (Fsp3) is 0. The number of para-hydroxylation sites is 1. The molecule has 0 aliphatic carbocycles. The van der Waals surface area contributed by atoms with Crippen LogP contribution in [0.3, 0.4) is 0 Å². The van der Waals surface area contributed by atoms with Crippen molar-refractivity contribution >= 4 is 43.5 Å². The van der Waals surface area contributed by atoms with Crippen LogP contribution in [0.2, 0.25) is 0 Å². The lowest BCUT2D eigenvalue weighted by molar-refractivity contribution is 0.669. The Balaban J connectivity index is 1.54. The lowest BCUT2D eigenvalue weighted by Crippen LogP contribution is -1.93. The number of fused-ring (bicyclic) bond motifs is 5. The summed E-state index contributed by atoms with van der Waals surface area (Å²) in [5.74, 6) is 0. The standard InChI is InChI=1S/C44H28O/c1-3-14-29(15-4-1)31-18-13-19-32(26-31)43-34-21-7-9-23-36(34)44(37-24-10-8-22-35(37)43)40-28-42-39(33-20-11-12-25-41(33)45-42)27-38(40)30-16-5-2-6-17-30/h1-28H/i2D,5D,6D,11D,12D,13D,16D,17D,18D,19D,20D,25D,26D,27D,28D. The van der Waals surface area contributed by atoms with Crippen LogP contribution >= 0.6 is 0 Å². The minimum absolute atomic E-state index is 0.0722. The molecule has 1 aromatic heterocycles. The summed E-state index contributed by atoms with van der Waals surface area (Å²) >= 11 is 0. The minimum Gasteiger partial charge on any atom is -0.456 e. The van der Waals surface area contributed by atoms with Gasteiger partial charge in [-0.15, -0.1) is 0 Å². The second-order valence-corrected chi connectivity index (χ2v) is 10.5. The molecule has 9 rings (SSSR count). The zero-order chi connectivity index (χ0) is 42.8. The first-order valence-electron chi connectivity index (χ1n) is 21.7. The molecule has 0 N–H and O–H groups in total. The Morgan fingerprint density at radius 3 is 1.69 bits per heavy atom. The summed E-state index contributed by atoms with van der Waals surface area (Å²) in [7, 11) is 0. The van der Waals surface area contributed by atoms with E-state index in [4.69, 9.17) is 19.5 Å². The lowest BCUT2D eigenvalue weighted by Gasteiger charge is -2.20. The van der Waals surface area contributed by atoms with E-state index in [1.54, 1.807) is 78.9 Å². The first kappa shape index (κ1) is 14.7. The average Bonchev–Trinajstić information content (AvgIpc) is 3.67. The normalized spacial score (nSPS) is 16.2. The summed E-state index contributed by atoms with van der Waals surface area (Å²) in [6.07, 6.45) is 0. The molecule has 45 heavy (non-hydrogen) atoms. The quantitative estimate of drug-likeness (QED) is 0.187. The average molecular weight is 588 g/mol. The highest BCUT2D eigenvalue weighted by Crippen LogP contribution is 2.48. The van der Waals surface area contributed by atoms with Gasteiger partial charge in [-0.05, 0) is 90.2 Å². The van der Waals surface area contributed by atoms with Crippen LogP contribution in [0.1, 0.15) is 20.6 Å². The van der Waals surface area contributed by atoms with Crippen molar-refractivity contribution in [1.82, 2.24) is 0 Å². The zero-order valence-corrected chi connectivity index (χ0v) is 23.4. The Labute approximate surface area is 282 Å². The predicted octanol–water partition coefficient (Wildman–Crippen LogP) is 12.6. The molecule has 1 nitrogen and oxygen atoms in total. The van der Waals surface area contributed by atoms with Crippen LogP contribution in [0.25, 0.3) is 88.0 Å². The van der Waals surface area contributed by atoms with Gasteiger partial charge < -0.3 is 4.42 Å². The summed E-state index contributed by atoms with van der Waals surface area (Å²) in [4.78, 5) is 0. The molecule has 0 atom stereocenters. The second-order valence-electron chi connectivity index (χ2n) is 10.5. The molecule has 1 heterocycles. The maximum atomic E-state index is 9.89. The number of furan rings is 1. The molecule has 1 heteroatoms. The smallest absolute Gasteiger partial charge is 0.136 e. The van der Waals surface area contributed by atoms with Gasteiger partial charge in [-0.25, -0.2) is 0 Å². The van der Waals surface area contributed by atoms with E-state index in [1.165, 1.54) is 0 Å². The van der Waals surface area contributed by atoms with E-state index in [2.05, 4.69) is 0 Å². The molecule has 210 valence electrons. The van der Waals surface area contributed by atoms with Crippen molar-refractivity contribution in [2.24, 2.45) is 0 Å². The molecule has 0 bridgehead atoms. The minimum atomic E-state index is -0.698. The van der Waals surface area contributed by atoms with E-state index in [0.717, 1.165) is 0 Å². The van der Waals surface area contributed by atoms with Crippen LogP contribution in [-0.2, 0) is 0 Å². The molecule has 0 amide bonds. The summed E-state index contributed by atoms with van der Waals surface area (Å²) in [6, 6.07) is 14.7. The molecule has 0 saturated heterocycles. The van der Waals surface area contributed by atoms with E-state index >= 15 is 0 Å². The summed E-state index contributed by atoms with van der Waals surface area (Å²) in [5.41, 5.74) is -0.0138. The van der Waals surface area contributed by atoms with Crippen LogP contribution in [0.4, 0.5) is 0 Å². The van der Waals surface area contributed by atoms with Gasteiger partial charge in [0.15, 0.2) is 0 Å². The maximum absolute atomic E-state index is 9.89. The monoisotopic (exact) mass is 587 g/mol. The predicted molar refractivity (Wildman–Crippen MR) is 190 cm³/mol. The van der Waals surface area contributed by atoms with Gasteiger partial charge in [0.2, 0.25) is 0 Å². The van der Waals surface area contributed by atoms with Crippen LogP contribution in [-0.4, -0.2) is 0 Å². The lowest BCUT2D eigenvalue weighted by atomic mass is 9.83. The largest absolute Gasteiger partial charge is 0.456 e. The van der Waals surface area contributed by atoms with Crippen molar-refractivity contribution < 1.29 is 25.0 Å². The molecular weight excluding hydrogens is 544 g/mol. The van der Waals surface area contributed by atoms with Gasteiger partial charge in [0, 0.05) is 10.8 Å². The highest BCUT2D eigenvalue weighted by molar-refractivity contribution is 6.23. The summed E-state index contributed by atoms with van der Waals surface area (Å²) in [5, 5.41) is 1.26. The summed E-state index contributed by atoms with van der Waals surface area (Å²) in [6.45, 7) is 0. The molecule has 0 aliphatic rings. The van der Waals surface area contributed by atoms with E-state index in [9.17, 15) is 5.48 Å². The SMILES string of the molecule is [2H]c1c([2H])c([2H])c(-c2c(-c3c4ccccc4c(-c4c([2H])c([2H])c([2H])c(-c5ccccc5)c4[2H])c4ccccc34)c([2H])c3oc4c([2H])c([2H])c([2H])c([2H])c4c3c2[2H])c([2H])c1[2H]. The second kappa shape index (κ2) is 10.4. The molecule has 0 radical (unpaired) electrons. The van der Waals surface area contributed by atoms with E-state index in [1.807, 2.05) is 0 Å². The van der Waals surface area contributed by atoms with Gasteiger partial charge in [-0.2, -0.15) is 0 Å². The van der Waals surface area contributed by atoms with E-state index in [0.29, 0.717) is 32.7 Å². The molecule has 0 aliphatic heterocycles. The van der Waals surface area contributed by atoms with Crippen molar-refractivity contribution in [3.05, 3.63) is 169 Å². The van der Waals surface area contributed by atoms with Gasteiger partial charge in [0.1, 0.15) is 11.2 Å².